The van der Waals surface area contributed by atoms with Crippen molar-refractivity contribution in [2.45, 2.75) is 249 Å². The minimum Gasteiger partial charge on any atom is -0.377 e. The summed E-state index contributed by atoms with van der Waals surface area (Å²) < 4.78 is 54.3. The maximum atomic E-state index is 12.7. The van der Waals surface area contributed by atoms with Crippen molar-refractivity contribution >= 4 is 77.5 Å². The van der Waals surface area contributed by atoms with Gasteiger partial charge in [0.05, 0.1) is 80.2 Å². The molecule has 2 atom stereocenters. The first-order chi connectivity index (χ1) is 36.7. The Morgan fingerprint density at radius 2 is 0.827 bits per heavy atom. The van der Waals surface area contributed by atoms with Crippen LogP contribution in [0.1, 0.15) is 217 Å². The Morgan fingerprint density at radius 3 is 1.12 bits per heavy atom. The second-order valence-electron chi connectivity index (χ2n) is 27.1. The van der Waals surface area contributed by atoms with Crippen LogP contribution in [0.2, 0.25) is 0 Å². The van der Waals surface area contributed by atoms with Crippen LogP contribution in [0, 0.1) is 0 Å². The number of nitrogens with zero attached hydrogens (tertiary/aromatic N) is 4. The zero-order valence-corrected chi connectivity index (χ0v) is 56.2. The number of alkyl halides is 1. The van der Waals surface area contributed by atoms with Gasteiger partial charge in [-0.15, -0.1) is 11.8 Å². The predicted octanol–water partition coefficient (Wildman–Crippen LogP) is 12.6. The van der Waals surface area contributed by atoms with Crippen molar-refractivity contribution in [3.63, 3.8) is 0 Å². The molecule has 456 valence electrons. The second-order valence-corrected chi connectivity index (χ2v) is 35.1. The van der Waals surface area contributed by atoms with E-state index in [1.807, 2.05) is 108 Å². The number of Topliss-reactive ketones (excluding diaryl/α,β-unsaturated/α-hetero) is 4. The smallest absolute Gasteiger partial charge is 0.186 e. The number of aromatic nitrogens is 4. The van der Waals surface area contributed by atoms with Gasteiger partial charge in [-0.2, -0.15) is 0 Å². The molecule has 0 aliphatic carbocycles. The fourth-order valence-corrected chi connectivity index (χ4v) is 11.2. The van der Waals surface area contributed by atoms with E-state index in [4.69, 9.17) is 27.6 Å². The average Bonchev–Trinajstić information content (AvgIpc) is 4.18. The van der Waals surface area contributed by atoms with Gasteiger partial charge in [0.1, 0.15) is 27.8 Å². The van der Waals surface area contributed by atoms with E-state index < -0.39 is 28.4 Å². The van der Waals surface area contributed by atoms with Crippen molar-refractivity contribution < 1.29 is 60.0 Å². The van der Waals surface area contributed by atoms with Crippen LogP contribution < -0.4 is 0 Å². The van der Waals surface area contributed by atoms with Crippen molar-refractivity contribution in [1.82, 2.24) is 20.6 Å². The number of rotatable bonds is 19. The van der Waals surface area contributed by atoms with Crippen molar-refractivity contribution in [1.29, 1.82) is 0 Å². The van der Waals surface area contributed by atoms with E-state index in [9.17, 15) is 32.4 Å². The third-order valence-corrected chi connectivity index (χ3v) is 19.0. The molecule has 21 heteroatoms. The molecule has 2 saturated heterocycles. The molecule has 0 N–H and O–H groups in total. The summed E-state index contributed by atoms with van der Waals surface area (Å²) in [4.78, 5) is 60.2. The summed E-state index contributed by atoms with van der Waals surface area (Å²) in [5.41, 5.74) is 2.00. The Morgan fingerprint density at radius 1 is 0.506 bits per heavy atom. The molecule has 17 nitrogen and oxygen atoms in total. The molecule has 2 aliphatic heterocycles. The first kappa shape index (κ1) is 71.5. The Balaban J connectivity index is 0.000000287. The quantitative estimate of drug-likeness (QED) is 0.0792. The van der Waals surface area contributed by atoms with Gasteiger partial charge in [0.25, 0.3) is 0 Å². The monoisotopic (exact) mass is 1250 g/mol. The van der Waals surface area contributed by atoms with E-state index in [1.165, 1.54) is 20.8 Å². The van der Waals surface area contributed by atoms with Crippen LogP contribution in [-0.4, -0.2) is 113 Å². The van der Waals surface area contributed by atoms with E-state index in [0.717, 1.165) is 72.8 Å². The molecule has 4 aromatic rings. The fourth-order valence-electron chi connectivity index (χ4n) is 7.48. The third-order valence-electron chi connectivity index (χ3n) is 13.5. The summed E-state index contributed by atoms with van der Waals surface area (Å²) in [6.45, 7) is 41.4. The van der Waals surface area contributed by atoms with Gasteiger partial charge in [0, 0.05) is 71.8 Å². The SMILES string of the molecule is CC(=O)SC(C)(C)C(=O)Cc1cc(C(C)(C)C)on1.CC(C)(Br)C(=O)Cc1cc(C(C)(C)C)on1.CC(C)(C)c1cc(CC(=O)C(C)(C)S(=O)(=O)CC2CCCO2)no1.CC(C)(SCC1CCCO1)C(=O)Cc1cc(C(C)(C)C)on1. The average molecular weight is 1250 g/mol. The van der Waals surface area contributed by atoms with Crippen molar-refractivity contribution in [2.75, 3.05) is 24.7 Å². The second kappa shape index (κ2) is 28.4. The summed E-state index contributed by atoms with van der Waals surface area (Å²) in [7, 11) is -3.62. The maximum Gasteiger partial charge on any atom is 0.186 e. The Bertz CT molecular complexity index is 2830. The molecular weight excluding hydrogens is 1160 g/mol. The molecule has 0 spiro atoms. The number of sulfone groups is 1. The molecule has 4 aromatic heterocycles. The van der Waals surface area contributed by atoms with Crippen LogP contribution >= 0.6 is 39.5 Å². The Labute approximate surface area is 499 Å². The number of hydrogen-bond donors (Lipinski definition) is 0. The maximum absolute atomic E-state index is 12.7. The van der Waals surface area contributed by atoms with Gasteiger partial charge < -0.3 is 27.6 Å². The molecule has 6 rings (SSSR count). The Kier molecular flexibility index (Phi) is 25.1. The number of halogens is 1. The summed E-state index contributed by atoms with van der Waals surface area (Å²) in [5.74, 6) is 3.70. The Hall–Kier alpha value is -3.76. The molecule has 81 heavy (non-hydrogen) atoms. The van der Waals surface area contributed by atoms with Crippen LogP contribution in [0.5, 0.6) is 0 Å². The predicted molar refractivity (Wildman–Crippen MR) is 323 cm³/mol. The zero-order valence-electron chi connectivity index (χ0n) is 52.1. The largest absolute Gasteiger partial charge is 0.377 e. The summed E-state index contributed by atoms with van der Waals surface area (Å²) in [6.07, 6.45) is 4.58. The minimum atomic E-state index is -3.62. The minimum absolute atomic E-state index is 0.0264. The van der Waals surface area contributed by atoms with Crippen molar-refractivity contribution in [2.24, 2.45) is 0 Å². The standard InChI is InChI=1S/C17H27NO5S.C17H27NO3S.C14H21NO3S.C12H18BrNO2/c1-16(2,3)15-10-12(18-23-15)9-14(19)17(4,5)24(20,21)11-13-7-6-8-22-13;1-16(2,3)15-10-12(18-21-15)9-14(19)17(4,5)22-11-13-7-6-8-20-13;1-9(16)19-14(5,6)11(17)7-10-8-12(18-15-10)13(2,3)4;1-11(2,3)10-7-8(14-16-10)6-9(15)12(4,5)13/h10,13H,6-9,11H2,1-5H3;10,13H,6-9,11H2,1-5H3;8H,7H2,1-6H3;7H,6H2,1-5H3. The third kappa shape index (κ3) is 23.0. The normalized spacial score (nSPS) is 16.6. The number of carbonyl (C=O) groups excluding carboxylic acids is 5. The van der Waals surface area contributed by atoms with Crippen LogP contribution in [0.25, 0.3) is 0 Å². The van der Waals surface area contributed by atoms with Gasteiger partial charge in [0.2, 0.25) is 0 Å². The van der Waals surface area contributed by atoms with Gasteiger partial charge in [-0.1, -0.05) is 131 Å². The molecule has 2 aliphatic rings. The topological polar surface area (TPSA) is 242 Å². The number of carbonyl (C=O) groups is 5. The molecule has 0 aromatic carbocycles. The summed E-state index contributed by atoms with van der Waals surface area (Å²) in [6, 6.07) is 7.29. The zero-order chi connectivity index (χ0) is 62.0. The lowest BCUT2D eigenvalue weighted by molar-refractivity contribution is -0.121. The van der Waals surface area contributed by atoms with E-state index in [0.29, 0.717) is 48.4 Å². The van der Waals surface area contributed by atoms with Crippen LogP contribution in [0.3, 0.4) is 0 Å². The lowest BCUT2D eigenvalue weighted by atomic mass is 9.92. The van der Waals surface area contributed by atoms with Crippen LogP contribution in [-0.2, 0) is 90.6 Å². The summed E-state index contributed by atoms with van der Waals surface area (Å²) >= 11 is 6.07. The van der Waals surface area contributed by atoms with Crippen molar-refractivity contribution in [3.8, 4) is 0 Å². The molecule has 2 unspecified atom stereocenters. The molecule has 0 bridgehead atoms. The number of thioether (sulfide) groups is 2. The first-order valence-electron chi connectivity index (χ1n) is 27.7. The highest BCUT2D eigenvalue weighted by atomic mass is 79.9. The van der Waals surface area contributed by atoms with Gasteiger partial charge in [0.15, 0.2) is 38.1 Å². The van der Waals surface area contributed by atoms with Gasteiger partial charge in [-0.05, 0) is 81.1 Å². The van der Waals surface area contributed by atoms with Crippen LogP contribution in [0.4, 0.5) is 0 Å². The number of ketones is 4. The van der Waals surface area contributed by atoms with E-state index in [-0.39, 0.29) is 74.6 Å². The van der Waals surface area contributed by atoms with Gasteiger partial charge in [-0.3, -0.25) is 24.0 Å². The number of hydrogen-bond acceptors (Lipinski definition) is 19. The molecule has 2 fully saturated rings. The van der Waals surface area contributed by atoms with E-state index >= 15 is 0 Å². The highest BCUT2D eigenvalue weighted by Gasteiger charge is 2.43. The van der Waals surface area contributed by atoms with E-state index in [1.54, 1.807) is 31.7 Å². The fraction of sp³-hybridized carbons (Fsp3) is 0.717. The van der Waals surface area contributed by atoms with E-state index in [2.05, 4.69) is 57.3 Å². The highest BCUT2D eigenvalue weighted by Crippen LogP contribution is 2.33. The molecule has 0 radical (unpaired) electrons. The summed E-state index contributed by atoms with van der Waals surface area (Å²) in [5, 5.41) is 15.7. The molecule has 0 amide bonds. The lowest BCUT2D eigenvalue weighted by Gasteiger charge is -2.24. The van der Waals surface area contributed by atoms with Crippen molar-refractivity contribution in [3.05, 3.63) is 70.1 Å². The van der Waals surface area contributed by atoms with Crippen LogP contribution in [0.15, 0.2) is 42.4 Å². The first-order valence-corrected chi connectivity index (χ1v) is 31.9. The molecular formula is C60H93BrN4O13S3. The molecule has 6 heterocycles. The molecule has 0 saturated carbocycles. The number of ether oxygens (including phenoxy) is 2. The van der Waals surface area contributed by atoms with Gasteiger partial charge in [-0.25, -0.2) is 8.42 Å². The highest BCUT2D eigenvalue weighted by molar-refractivity contribution is 9.10. The lowest BCUT2D eigenvalue weighted by Crippen LogP contribution is -2.45. The van der Waals surface area contributed by atoms with Gasteiger partial charge >= 0.3 is 0 Å².